The van der Waals surface area contributed by atoms with Crippen molar-refractivity contribution in [3.05, 3.63) is 0 Å². The number of amides is 7. The summed E-state index contributed by atoms with van der Waals surface area (Å²) < 4.78 is 0. The van der Waals surface area contributed by atoms with E-state index in [9.17, 15) is 53.4 Å². The molecule has 5 unspecified atom stereocenters. The second kappa shape index (κ2) is 23.0. The van der Waals surface area contributed by atoms with Crippen molar-refractivity contribution >= 4 is 53.3 Å². The van der Waals surface area contributed by atoms with Gasteiger partial charge in [0, 0.05) is 59.4 Å². The van der Waals surface area contributed by atoms with Crippen LogP contribution in [0.25, 0.3) is 0 Å². The number of aliphatic carboxylic acids is 2. The summed E-state index contributed by atoms with van der Waals surface area (Å²) in [6, 6.07) is -5.09. The smallest absolute Gasteiger partial charge is 0.303 e. The van der Waals surface area contributed by atoms with Gasteiger partial charge in [0.25, 0.3) is 0 Å². The Morgan fingerprint density at radius 1 is 0.604 bits per heavy atom. The number of nitrogens with one attached hydrogen (secondary N) is 6. The second-order valence-corrected chi connectivity index (χ2v) is 13.2. The highest BCUT2D eigenvalue weighted by Crippen LogP contribution is 2.19. The fourth-order valence-corrected chi connectivity index (χ4v) is 6.36. The Bertz CT molecular complexity index is 1330. The van der Waals surface area contributed by atoms with E-state index in [-0.39, 0.29) is 50.6 Å². The Morgan fingerprint density at radius 2 is 1.06 bits per heavy atom. The lowest BCUT2D eigenvalue weighted by atomic mass is 10.1. The number of rotatable bonds is 23. The summed E-state index contributed by atoms with van der Waals surface area (Å²) in [4.78, 5) is 115. The summed E-state index contributed by atoms with van der Waals surface area (Å²) in [5, 5.41) is 34.7. The molecular formula is C34H56N8O11. The van der Waals surface area contributed by atoms with Gasteiger partial charge in [0.15, 0.2) is 0 Å². The van der Waals surface area contributed by atoms with E-state index >= 15 is 0 Å². The van der Waals surface area contributed by atoms with Crippen molar-refractivity contribution in [2.75, 3.05) is 39.3 Å². The Morgan fingerprint density at radius 3 is 1.51 bits per heavy atom. The molecule has 0 aromatic heterocycles. The summed E-state index contributed by atoms with van der Waals surface area (Å²) in [5.74, 6) is -5.95. The van der Waals surface area contributed by atoms with Gasteiger partial charge >= 0.3 is 11.9 Å². The predicted octanol–water partition coefficient (Wildman–Crippen LogP) is -1.80. The predicted molar refractivity (Wildman–Crippen MR) is 189 cm³/mol. The van der Waals surface area contributed by atoms with Gasteiger partial charge in [0.05, 0.1) is 0 Å². The van der Waals surface area contributed by atoms with Crippen molar-refractivity contribution < 1.29 is 53.4 Å². The van der Waals surface area contributed by atoms with Crippen molar-refractivity contribution in [1.29, 1.82) is 0 Å². The highest BCUT2D eigenvalue weighted by molar-refractivity contribution is 5.95. The first kappa shape index (κ1) is 44.4. The van der Waals surface area contributed by atoms with Gasteiger partial charge in [-0.3, -0.25) is 43.2 Å². The number of likely N-dealkylation sites (N-methyl/N-ethyl adjacent to an activating group) is 1. The van der Waals surface area contributed by atoms with Crippen molar-refractivity contribution in [1.82, 2.24) is 41.7 Å². The monoisotopic (exact) mass is 752 g/mol. The molecule has 2 fully saturated rings. The van der Waals surface area contributed by atoms with Gasteiger partial charge in [0.1, 0.15) is 30.2 Å². The van der Waals surface area contributed by atoms with Crippen LogP contribution >= 0.6 is 0 Å². The van der Waals surface area contributed by atoms with Gasteiger partial charge in [-0.1, -0.05) is 6.92 Å². The van der Waals surface area contributed by atoms with E-state index in [4.69, 9.17) is 0 Å². The zero-order valence-corrected chi connectivity index (χ0v) is 30.9. The lowest BCUT2D eigenvalue weighted by Crippen LogP contribution is -2.56. The Balaban J connectivity index is 2.05. The van der Waals surface area contributed by atoms with E-state index in [0.717, 1.165) is 0 Å². The molecule has 53 heavy (non-hydrogen) atoms. The van der Waals surface area contributed by atoms with E-state index in [0.29, 0.717) is 64.7 Å². The van der Waals surface area contributed by atoms with Gasteiger partial charge in [-0.05, 0) is 64.3 Å². The number of likely N-dealkylation sites (tertiary alicyclic amines) is 2. The number of hydrogen-bond acceptors (Lipinski definition) is 10. The normalized spacial score (nSPS) is 18.3. The average Bonchev–Trinajstić information content (AvgIpc) is 3.80. The Hall–Kier alpha value is -4.81. The van der Waals surface area contributed by atoms with Crippen molar-refractivity contribution in [2.24, 2.45) is 0 Å². The molecule has 19 heteroatoms. The van der Waals surface area contributed by atoms with Crippen LogP contribution in [0.5, 0.6) is 0 Å². The minimum absolute atomic E-state index is 0.0926. The van der Waals surface area contributed by atoms with Gasteiger partial charge in [-0.2, -0.15) is 0 Å². The maximum atomic E-state index is 13.5. The molecule has 5 atom stereocenters. The van der Waals surface area contributed by atoms with E-state index in [1.807, 2.05) is 6.92 Å². The third kappa shape index (κ3) is 15.4. The van der Waals surface area contributed by atoms with Gasteiger partial charge < -0.3 is 51.9 Å². The van der Waals surface area contributed by atoms with E-state index in [1.54, 1.807) is 0 Å². The summed E-state index contributed by atoms with van der Waals surface area (Å²) in [6.45, 7) is 6.86. The van der Waals surface area contributed by atoms with Crippen LogP contribution in [0.3, 0.4) is 0 Å². The highest BCUT2D eigenvalue weighted by Gasteiger charge is 2.36. The first-order chi connectivity index (χ1) is 25.2. The van der Waals surface area contributed by atoms with Crippen LogP contribution in [0.2, 0.25) is 0 Å². The molecule has 0 saturated carbocycles. The van der Waals surface area contributed by atoms with Crippen LogP contribution in [0.1, 0.15) is 91.4 Å². The van der Waals surface area contributed by atoms with Crippen LogP contribution in [-0.2, 0) is 43.2 Å². The highest BCUT2D eigenvalue weighted by atomic mass is 16.4. The maximum Gasteiger partial charge on any atom is 0.303 e. The van der Waals surface area contributed by atoms with Crippen LogP contribution in [0, 0.1) is 0 Å². The average molecular weight is 753 g/mol. The lowest BCUT2D eigenvalue weighted by Gasteiger charge is -2.27. The molecule has 0 aromatic carbocycles. The number of carbonyl (C=O) groups excluding carboxylic acids is 7. The summed E-state index contributed by atoms with van der Waals surface area (Å²) >= 11 is 0. The molecule has 2 saturated heterocycles. The molecule has 7 amide bonds. The summed E-state index contributed by atoms with van der Waals surface area (Å²) in [7, 11) is 0. The molecule has 2 rings (SSSR count). The molecule has 0 radical (unpaired) electrons. The number of carboxylic acids is 2. The number of unbranched alkanes of at least 4 members (excludes halogenated alkanes) is 1. The first-order valence-electron chi connectivity index (χ1n) is 18.3. The third-order valence-corrected chi connectivity index (χ3v) is 9.18. The number of hydrogen-bond donors (Lipinski definition) is 8. The Kier molecular flexibility index (Phi) is 19.2. The number of carbonyl (C=O) groups is 9. The van der Waals surface area contributed by atoms with Gasteiger partial charge in [0.2, 0.25) is 41.4 Å². The molecule has 8 N–H and O–H groups in total. The molecule has 2 heterocycles. The molecule has 19 nitrogen and oxygen atoms in total. The van der Waals surface area contributed by atoms with E-state index in [2.05, 4.69) is 31.9 Å². The lowest BCUT2D eigenvalue weighted by molar-refractivity contribution is -0.140. The van der Waals surface area contributed by atoms with Crippen LogP contribution < -0.4 is 31.9 Å². The zero-order valence-electron chi connectivity index (χ0n) is 30.9. The molecular weight excluding hydrogens is 696 g/mol. The largest absolute Gasteiger partial charge is 0.481 e. The maximum absolute atomic E-state index is 13.5. The topological polar surface area (TPSA) is 273 Å². The van der Waals surface area contributed by atoms with E-state index in [1.165, 1.54) is 23.6 Å². The summed E-state index contributed by atoms with van der Waals surface area (Å²) in [6.07, 6.45) is 1.52. The molecule has 0 spiro atoms. The molecule has 0 aliphatic carbocycles. The molecule has 2 aliphatic heterocycles. The minimum atomic E-state index is -1.30. The third-order valence-electron chi connectivity index (χ3n) is 9.18. The molecule has 0 bridgehead atoms. The van der Waals surface area contributed by atoms with Crippen molar-refractivity contribution in [3.8, 4) is 0 Å². The molecule has 298 valence electrons. The van der Waals surface area contributed by atoms with Crippen LogP contribution in [0.4, 0.5) is 0 Å². The molecule has 2 aliphatic rings. The quantitative estimate of drug-likeness (QED) is 0.0538. The zero-order chi connectivity index (χ0) is 39.5. The Labute approximate surface area is 309 Å². The van der Waals surface area contributed by atoms with Crippen LogP contribution in [0.15, 0.2) is 0 Å². The number of nitrogens with zero attached hydrogens (tertiary/aromatic N) is 2. The minimum Gasteiger partial charge on any atom is -0.481 e. The second-order valence-electron chi connectivity index (χ2n) is 13.2. The van der Waals surface area contributed by atoms with Crippen molar-refractivity contribution in [3.63, 3.8) is 0 Å². The SMILES string of the molecule is CCNCCNC(=O)C(CCCCNC(=O)C(CCC(=O)O)NC(=O)C1CCCN1C(C)=O)NC(=O)C(CCC(=O)O)NC(=O)C1CCCN1C(C)=O. The molecule has 0 aromatic rings. The standard InChI is InChI=1S/C34H56N8O11/c1-4-35-17-18-37-30(49)23(38-32(51)25(13-15-29(47)48)40-34(53)27-11-8-20-42(27)22(3)44)9-5-6-16-36-31(50)24(12-14-28(45)46)39-33(52)26-10-7-19-41(26)21(2)43/h23-27,35H,4-20H2,1-3H3,(H,36,50)(H,37,49)(H,38,51)(H,39,52)(H,40,53)(H,45,46)(H,47,48). The van der Waals surface area contributed by atoms with Gasteiger partial charge in [-0.15, -0.1) is 0 Å². The van der Waals surface area contributed by atoms with Crippen LogP contribution in [-0.4, -0.2) is 143 Å². The first-order valence-corrected chi connectivity index (χ1v) is 18.3. The fourth-order valence-electron chi connectivity index (χ4n) is 6.36. The fraction of sp³-hybridized carbons (Fsp3) is 0.735. The van der Waals surface area contributed by atoms with E-state index < -0.39 is 78.1 Å². The van der Waals surface area contributed by atoms with Crippen molar-refractivity contribution in [2.45, 2.75) is 122 Å². The van der Waals surface area contributed by atoms with Gasteiger partial charge in [-0.25, -0.2) is 0 Å². The number of carboxylic acid groups (broad SMARTS) is 2. The summed E-state index contributed by atoms with van der Waals surface area (Å²) in [5.41, 5.74) is 0.